The number of nitrogens with one attached hydrogen (secondary N) is 1. The summed E-state index contributed by atoms with van der Waals surface area (Å²) in [5.74, 6) is -0.0217. The first-order valence-electron chi connectivity index (χ1n) is 6.42. The fraction of sp³-hybridized carbons (Fsp3) is 0.692. The van der Waals surface area contributed by atoms with Gasteiger partial charge in [0, 0.05) is 19.3 Å². The topological polar surface area (TPSA) is 56.2 Å². The van der Waals surface area contributed by atoms with Crippen LogP contribution in [0.3, 0.4) is 0 Å². The van der Waals surface area contributed by atoms with Gasteiger partial charge in [-0.25, -0.2) is 0 Å². The molecule has 0 aromatic carbocycles. The number of rotatable bonds is 7. The van der Waals surface area contributed by atoms with Gasteiger partial charge in [-0.1, -0.05) is 20.8 Å². The summed E-state index contributed by atoms with van der Waals surface area (Å²) in [6.45, 7) is 7.63. The predicted molar refractivity (Wildman–Crippen MR) is 70.0 cm³/mol. The Kier molecular flexibility index (Phi) is 5.85. The lowest BCUT2D eigenvalue weighted by Crippen LogP contribution is -2.41. The van der Waals surface area contributed by atoms with Gasteiger partial charge in [-0.3, -0.25) is 14.8 Å². The van der Waals surface area contributed by atoms with Crippen LogP contribution in [0.1, 0.15) is 32.9 Å². The van der Waals surface area contributed by atoms with Gasteiger partial charge >= 0.3 is 5.97 Å². The molecule has 0 aliphatic rings. The first-order chi connectivity index (χ1) is 8.60. The van der Waals surface area contributed by atoms with Crippen LogP contribution < -0.4 is 5.32 Å². The lowest BCUT2D eigenvalue weighted by molar-refractivity contribution is -0.144. The number of nitrogens with zero attached hydrogens (tertiary/aromatic N) is 2. The van der Waals surface area contributed by atoms with Crippen molar-refractivity contribution in [3.05, 3.63) is 18.0 Å². The molecule has 5 heteroatoms. The van der Waals surface area contributed by atoms with E-state index in [0.29, 0.717) is 6.54 Å². The largest absolute Gasteiger partial charge is 0.468 e. The highest BCUT2D eigenvalue weighted by atomic mass is 16.5. The summed E-state index contributed by atoms with van der Waals surface area (Å²) in [5, 5.41) is 7.49. The maximum atomic E-state index is 11.6. The Morgan fingerprint density at radius 1 is 1.56 bits per heavy atom. The van der Waals surface area contributed by atoms with Crippen molar-refractivity contribution in [2.75, 3.05) is 7.11 Å². The van der Waals surface area contributed by atoms with Crippen molar-refractivity contribution in [1.29, 1.82) is 0 Å². The molecule has 0 aliphatic heterocycles. The third kappa shape index (κ3) is 3.84. The summed E-state index contributed by atoms with van der Waals surface area (Å²) in [6.07, 6.45) is 2.83. The third-order valence-electron chi connectivity index (χ3n) is 2.86. The lowest BCUT2D eigenvalue weighted by atomic mass is 10.0. The molecule has 0 bridgehead atoms. The van der Waals surface area contributed by atoms with E-state index < -0.39 is 0 Å². The SMILES string of the molecule is CCCn1nccc1CNC(C(=O)OC)C(C)C. The molecule has 1 heterocycles. The number of hydrogen-bond donors (Lipinski definition) is 1. The summed E-state index contributed by atoms with van der Waals surface area (Å²) in [7, 11) is 1.42. The molecule has 0 amide bonds. The normalized spacial score (nSPS) is 12.7. The zero-order valence-corrected chi connectivity index (χ0v) is 11.6. The Hall–Kier alpha value is -1.36. The van der Waals surface area contributed by atoms with Crippen LogP contribution in [0.15, 0.2) is 12.3 Å². The van der Waals surface area contributed by atoms with Crippen LogP contribution in [-0.2, 0) is 22.6 Å². The Morgan fingerprint density at radius 2 is 2.28 bits per heavy atom. The molecule has 5 nitrogen and oxygen atoms in total. The summed E-state index contributed by atoms with van der Waals surface area (Å²) in [5.41, 5.74) is 1.09. The van der Waals surface area contributed by atoms with Crippen LogP contribution >= 0.6 is 0 Å². The Morgan fingerprint density at radius 3 is 2.83 bits per heavy atom. The predicted octanol–water partition coefficient (Wildman–Crippen LogP) is 1.58. The van der Waals surface area contributed by atoms with Gasteiger partial charge < -0.3 is 4.74 Å². The second-order valence-corrected chi connectivity index (χ2v) is 4.67. The van der Waals surface area contributed by atoms with Crippen molar-refractivity contribution in [3.63, 3.8) is 0 Å². The highest BCUT2D eigenvalue weighted by Crippen LogP contribution is 2.06. The minimum Gasteiger partial charge on any atom is -0.468 e. The van der Waals surface area contributed by atoms with Crippen LogP contribution in [0.25, 0.3) is 0 Å². The van der Waals surface area contributed by atoms with Gasteiger partial charge in [0.2, 0.25) is 0 Å². The van der Waals surface area contributed by atoms with Crippen molar-refractivity contribution in [1.82, 2.24) is 15.1 Å². The van der Waals surface area contributed by atoms with E-state index in [1.54, 1.807) is 6.20 Å². The van der Waals surface area contributed by atoms with Crippen LogP contribution in [0.5, 0.6) is 0 Å². The average molecular weight is 253 g/mol. The molecule has 1 aromatic heterocycles. The van der Waals surface area contributed by atoms with Gasteiger partial charge in [-0.2, -0.15) is 5.10 Å². The zero-order valence-electron chi connectivity index (χ0n) is 11.6. The van der Waals surface area contributed by atoms with Crippen LogP contribution in [0.2, 0.25) is 0 Å². The van der Waals surface area contributed by atoms with Gasteiger partial charge in [0.15, 0.2) is 0 Å². The molecule has 1 rings (SSSR count). The van der Waals surface area contributed by atoms with Crippen molar-refractivity contribution in [3.8, 4) is 0 Å². The van der Waals surface area contributed by atoms with E-state index in [1.165, 1.54) is 7.11 Å². The minimum atomic E-state index is -0.278. The molecule has 0 aliphatic carbocycles. The number of ether oxygens (including phenoxy) is 1. The van der Waals surface area contributed by atoms with Crippen LogP contribution in [0, 0.1) is 5.92 Å². The number of aryl methyl sites for hydroxylation is 1. The van der Waals surface area contributed by atoms with Gasteiger partial charge in [0.1, 0.15) is 6.04 Å². The van der Waals surface area contributed by atoms with Crippen molar-refractivity contribution >= 4 is 5.97 Å². The molecule has 1 atom stereocenters. The number of carbonyl (C=O) groups is 1. The molecule has 1 aromatic rings. The van der Waals surface area contributed by atoms with Crippen molar-refractivity contribution in [2.45, 2.75) is 46.3 Å². The Bertz CT molecular complexity index is 374. The number of methoxy groups -OCH3 is 1. The highest BCUT2D eigenvalue weighted by Gasteiger charge is 2.22. The maximum Gasteiger partial charge on any atom is 0.323 e. The van der Waals surface area contributed by atoms with Crippen LogP contribution in [0.4, 0.5) is 0 Å². The maximum absolute atomic E-state index is 11.6. The molecule has 0 saturated heterocycles. The number of hydrogen-bond acceptors (Lipinski definition) is 4. The Labute approximate surface area is 109 Å². The fourth-order valence-corrected chi connectivity index (χ4v) is 1.86. The number of carbonyl (C=O) groups excluding carboxylic acids is 1. The lowest BCUT2D eigenvalue weighted by Gasteiger charge is -2.20. The summed E-state index contributed by atoms with van der Waals surface area (Å²) in [4.78, 5) is 11.6. The van der Waals surface area contributed by atoms with E-state index in [2.05, 4.69) is 17.3 Å². The molecule has 0 fully saturated rings. The second-order valence-electron chi connectivity index (χ2n) is 4.67. The standard InChI is InChI=1S/C13H23N3O2/c1-5-8-16-11(6-7-15-16)9-14-12(10(2)3)13(17)18-4/h6-7,10,12,14H,5,8-9H2,1-4H3. The molecule has 0 spiro atoms. The van der Waals surface area contributed by atoms with Gasteiger partial charge in [0.25, 0.3) is 0 Å². The highest BCUT2D eigenvalue weighted by molar-refractivity contribution is 5.75. The van der Waals surface area contributed by atoms with Gasteiger partial charge in [-0.05, 0) is 18.4 Å². The monoisotopic (exact) mass is 253 g/mol. The molecule has 102 valence electrons. The minimum absolute atomic E-state index is 0.194. The quantitative estimate of drug-likeness (QED) is 0.750. The van der Waals surface area contributed by atoms with Crippen molar-refractivity contribution in [2.24, 2.45) is 5.92 Å². The van der Waals surface area contributed by atoms with E-state index in [-0.39, 0.29) is 17.9 Å². The molecule has 0 saturated carbocycles. The second kappa shape index (κ2) is 7.16. The van der Waals surface area contributed by atoms with Gasteiger partial charge in [0.05, 0.1) is 12.8 Å². The van der Waals surface area contributed by atoms with E-state index >= 15 is 0 Å². The summed E-state index contributed by atoms with van der Waals surface area (Å²) in [6, 6.07) is 1.69. The molecule has 1 unspecified atom stereocenters. The van der Waals surface area contributed by atoms with E-state index in [4.69, 9.17) is 4.74 Å². The van der Waals surface area contributed by atoms with Gasteiger partial charge in [-0.15, -0.1) is 0 Å². The fourth-order valence-electron chi connectivity index (χ4n) is 1.86. The number of aromatic nitrogens is 2. The third-order valence-corrected chi connectivity index (χ3v) is 2.86. The smallest absolute Gasteiger partial charge is 0.323 e. The van der Waals surface area contributed by atoms with Crippen molar-refractivity contribution < 1.29 is 9.53 Å². The molecular weight excluding hydrogens is 230 g/mol. The summed E-state index contributed by atoms with van der Waals surface area (Å²) >= 11 is 0. The number of esters is 1. The van der Waals surface area contributed by atoms with E-state index in [9.17, 15) is 4.79 Å². The molecular formula is C13H23N3O2. The molecule has 1 N–H and O–H groups in total. The Balaban J connectivity index is 2.61. The first-order valence-corrected chi connectivity index (χ1v) is 6.42. The van der Waals surface area contributed by atoms with Crippen LogP contribution in [-0.4, -0.2) is 28.9 Å². The summed E-state index contributed by atoms with van der Waals surface area (Å²) < 4.78 is 6.76. The average Bonchev–Trinajstić information content (AvgIpc) is 2.77. The first kappa shape index (κ1) is 14.7. The molecule has 18 heavy (non-hydrogen) atoms. The molecule has 0 radical (unpaired) electrons. The van der Waals surface area contributed by atoms with E-state index in [0.717, 1.165) is 18.7 Å². The zero-order chi connectivity index (χ0) is 13.5. The van der Waals surface area contributed by atoms with E-state index in [1.807, 2.05) is 24.6 Å².